The van der Waals surface area contributed by atoms with Gasteiger partial charge in [0.2, 0.25) is 0 Å². The largest absolute Gasteiger partial charge is 0.388 e. The van der Waals surface area contributed by atoms with Gasteiger partial charge in [-0.05, 0) is 13.3 Å². The van der Waals surface area contributed by atoms with E-state index in [1.165, 1.54) is 0 Å². The van der Waals surface area contributed by atoms with Gasteiger partial charge in [-0.25, -0.2) is 0 Å². The Morgan fingerprint density at radius 3 is 2.88 bits per heavy atom. The van der Waals surface area contributed by atoms with Gasteiger partial charge < -0.3 is 10.4 Å². The van der Waals surface area contributed by atoms with Crippen molar-refractivity contribution in [3.63, 3.8) is 0 Å². The molecule has 1 heterocycles. The summed E-state index contributed by atoms with van der Waals surface area (Å²) in [5.74, 6) is 0.719. The summed E-state index contributed by atoms with van der Waals surface area (Å²) in [6, 6.07) is 7.92. The third-order valence-electron chi connectivity index (χ3n) is 2.97. The first-order valence-electron chi connectivity index (χ1n) is 5.79. The monoisotopic (exact) mass is 231 g/mol. The van der Waals surface area contributed by atoms with E-state index in [0.717, 1.165) is 16.6 Å². The van der Waals surface area contributed by atoms with Crippen molar-refractivity contribution in [2.45, 2.75) is 25.9 Å². The zero-order chi connectivity index (χ0) is 12.3. The van der Waals surface area contributed by atoms with Crippen molar-refractivity contribution in [3.05, 3.63) is 30.5 Å². The number of hydrogen-bond donors (Lipinski definition) is 2. The molecule has 0 saturated heterocycles. The van der Waals surface area contributed by atoms with E-state index in [-0.39, 0.29) is 0 Å². The molecule has 0 amide bonds. The first-order chi connectivity index (χ1) is 8.12. The highest BCUT2D eigenvalue weighted by Gasteiger charge is 2.17. The molecule has 0 aliphatic rings. The smallest absolute Gasteiger partial charge is 0.156 e. The molecule has 0 fully saturated rings. The molecule has 17 heavy (non-hydrogen) atoms. The molecule has 0 aliphatic carbocycles. The van der Waals surface area contributed by atoms with E-state index in [1.54, 1.807) is 13.1 Å². The quantitative estimate of drug-likeness (QED) is 0.847. The molecule has 90 valence electrons. The number of anilines is 1. The van der Waals surface area contributed by atoms with Crippen molar-refractivity contribution >= 4 is 16.6 Å². The van der Waals surface area contributed by atoms with Gasteiger partial charge in [0.1, 0.15) is 0 Å². The van der Waals surface area contributed by atoms with Crippen molar-refractivity contribution in [2.75, 3.05) is 11.9 Å². The molecule has 4 heteroatoms. The van der Waals surface area contributed by atoms with Gasteiger partial charge in [-0.2, -0.15) is 5.10 Å². The number of aliphatic hydroxyl groups is 1. The minimum absolute atomic E-state index is 0.464. The minimum Gasteiger partial charge on any atom is -0.388 e. The topological polar surface area (TPSA) is 58.0 Å². The fraction of sp³-hybridized carbons (Fsp3) is 0.385. The Morgan fingerprint density at radius 2 is 2.12 bits per heavy atom. The summed E-state index contributed by atoms with van der Waals surface area (Å²) in [6.07, 6.45) is 2.43. The van der Waals surface area contributed by atoms with Crippen LogP contribution in [0.4, 0.5) is 5.82 Å². The van der Waals surface area contributed by atoms with Crippen molar-refractivity contribution in [3.8, 4) is 0 Å². The maximum atomic E-state index is 9.95. The molecule has 1 unspecified atom stereocenters. The second-order valence-corrected chi connectivity index (χ2v) is 4.48. The summed E-state index contributed by atoms with van der Waals surface area (Å²) in [6.45, 7) is 4.22. The molecule has 2 rings (SSSR count). The standard InChI is InChI=1S/C13H17N3O/c1-3-13(2,17)9-14-12-11-7-5-4-6-10(11)8-15-16-12/h4-8,17H,3,9H2,1-2H3,(H,14,16). The van der Waals surface area contributed by atoms with E-state index < -0.39 is 5.60 Å². The van der Waals surface area contributed by atoms with Crippen LogP contribution in [0.1, 0.15) is 20.3 Å². The molecule has 4 nitrogen and oxygen atoms in total. The molecule has 2 N–H and O–H groups in total. The lowest BCUT2D eigenvalue weighted by Crippen LogP contribution is -2.32. The molecule has 0 spiro atoms. The van der Waals surface area contributed by atoms with E-state index in [4.69, 9.17) is 0 Å². The Morgan fingerprint density at radius 1 is 1.35 bits per heavy atom. The van der Waals surface area contributed by atoms with Crippen molar-refractivity contribution in [2.24, 2.45) is 0 Å². The summed E-state index contributed by atoms with van der Waals surface area (Å²) >= 11 is 0. The Kier molecular flexibility index (Phi) is 3.24. The minimum atomic E-state index is -0.724. The lowest BCUT2D eigenvalue weighted by molar-refractivity contribution is 0.0697. The molecule has 0 saturated carbocycles. The van der Waals surface area contributed by atoms with Crippen LogP contribution < -0.4 is 5.32 Å². The third kappa shape index (κ3) is 2.71. The van der Waals surface area contributed by atoms with Gasteiger partial charge in [-0.1, -0.05) is 31.2 Å². The first-order valence-corrected chi connectivity index (χ1v) is 5.79. The zero-order valence-electron chi connectivity index (χ0n) is 10.1. The Labute approximate surface area is 101 Å². The van der Waals surface area contributed by atoms with Gasteiger partial charge in [0.25, 0.3) is 0 Å². The van der Waals surface area contributed by atoms with Crippen LogP contribution in [0, 0.1) is 0 Å². The Bertz CT molecular complexity index is 505. The van der Waals surface area contributed by atoms with Gasteiger partial charge in [0, 0.05) is 17.3 Å². The fourth-order valence-corrected chi connectivity index (χ4v) is 1.56. The number of fused-ring (bicyclic) bond motifs is 1. The van der Waals surface area contributed by atoms with E-state index in [0.29, 0.717) is 13.0 Å². The molecule has 0 aliphatic heterocycles. The van der Waals surface area contributed by atoms with Gasteiger partial charge in [0.15, 0.2) is 5.82 Å². The SMILES string of the molecule is CCC(C)(O)CNc1nncc2ccccc12. The second-order valence-electron chi connectivity index (χ2n) is 4.48. The Hall–Kier alpha value is -1.68. The van der Waals surface area contributed by atoms with Gasteiger partial charge in [-0.3, -0.25) is 0 Å². The molecule has 0 radical (unpaired) electrons. The number of nitrogens with zero attached hydrogens (tertiary/aromatic N) is 2. The first kappa shape index (κ1) is 11.8. The maximum Gasteiger partial charge on any atom is 0.156 e. The highest BCUT2D eigenvalue weighted by Crippen LogP contribution is 2.20. The normalized spacial score (nSPS) is 14.5. The lowest BCUT2D eigenvalue weighted by atomic mass is 10.0. The predicted molar refractivity (Wildman–Crippen MR) is 68.9 cm³/mol. The van der Waals surface area contributed by atoms with Crippen LogP contribution in [-0.4, -0.2) is 27.4 Å². The van der Waals surface area contributed by atoms with Crippen LogP contribution >= 0.6 is 0 Å². The second kappa shape index (κ2) is 4.67. The van der Waals surface area contributed by atoms with Crippen LogP contribution in [0.2, 0.25) is 0 Å². The lowest BCUT2D eigenvalue weighted by Gasteiger charge is -2.22. The third-order valence-corrected chi connectivity index (χ3v) is 2.97. The number of nitrogens with one attached hydrogen (secondary N) is 1. The van der Waals surface area contributed by atoms with E-state index in [9.17, 15) is 5.11 Å². The van der Waals surface area contributed by atoms with Crippen molar-refractivity contribution in [1.82, 2.24) is 10.2 Å². The van der Waals surface area contributed by atoms with Gasteiger partial charge >= 0.3 is 0 Å². The average Bonchev–Trinajstić information content (AvgIpc) is 2.36. The van der Waals surface area contributed by atoms with E-state index >= 15 is 0 Å². The molecule has 2 aromatic rings. The number of rotatable bonds is 4. The number of aromatic nitrogens is 2. The molecule has 1 aromatic heterocycles. The van der Waals surface area contributed by atoms with Crippen LogP contribution in [-0.2, 0) is 0 Å². The molecule has 1 atom stereocenters. The van der Waals surface area contributed by atoms with Gasteiger partial charge in [-0.15, -0.1) is 5.10 Å². The average molecular weight is 231 g/mol. The molecular weight excluding hydrogens is 214 g/mol. The van der Waals surface area contributed by atoms with Crippen LogP contribution in [0.5, 0.6) is 0 Å². The van der Waals surface area contributed by atoms with Crippen LogP contribution in [0.25, 0.3) is 10.8 Å². The summed E-state index contributed by atoms with van der Waals surface area (Å²) in [4.78, 5) is 0. The maximum absolute atomic E-state index is 9.95. The molecule has 0 bridgehead atoms. The van der Waals surface area contributed by atoms with E-state index in [1.807, 2.05) is 31.2 Å². The fourth-order valence-electron chi connectivity index (χ4n) is 1.56. The van der Waals surface area contributed by atoms with E-state index in [2.05, 4.69) is 15.5 Å². The predicted octanol–water partition coefficient (Wildman–Crippen LogP) is 2.20. The van der Waals surface area contributed by atoms with Crippen molar-refractivity contribution < 1.29 is 5.11 Å². The summed E-state index contributed by atoms with van der Waals surface area (Å²) in [7, 11) is 0. The van der Waals surface area contributed by atoms with Crippen molar-refractivity contribution in [1.29, 1.82) is 0 Å². The number of benzene rings is 1. The highest BCUT2D eigenvalue weighted by atomic mass is 16.3. The van der Waals surface area contributed by atoms with Crippen LogP contribution in [0.3, 0.4) is 0 Å². The molecular formula is C13H17N3O. The van der Waals surface area contributed by atoms with Gasteiger partial charge in [0.05, 0.1) is 11.8 Å². The number of hydrogen-bond acceptors (Lipinski definition) is 4. The summed E-state index contributed by atoms with van der Waals surface area (Å²) in [5.41, 5.74) is -0.724. The summed E-state index contributed by atoms with van der Waals surface area (Å²) in [5, 5.41) is 23.2. The Balaban J connectivity index is 2.24. The summed E-state index contributed by atoms with van der Waals surface area (Å²) < 4.78 is 0. The molecule has 1 aromatic carbocycles. The van der Waals surface area contributed by atoms with Crippen LogP contribution in [0.15, 0.2) is 30.5 Å². The highest BCUT2D eigenvalue weighted by molar-refractivity contribution is 5.90. The zero-order valence-corrected chi connectivity index (χ0v) is 10.1.